The van der Waals surface area contributed by atoms with E-state index in [1.165, 1.54) is 30.0 Å². The predicted octanol–water partition coefficient (Wildman–Crippen LogP) is 3.14. The van der Waals surface area contributed by atoms with E-state index in [0.29, 0.717) is 18.2 Å². The Labute approximate surface area is 119 Å². The van der Waals surface area contributed by atoms with Crippen molar-refractivity contribution in [2.24, 2.45) is 5.92 Å². The van der Waals surface area contributed by atoms with Crippen molar-refractivity contribution in [2.75, 3.05) is 0 Å². The minimum absolute atomic E-state index is 0.169. The standard InChI is InChI=1S/C14H16F3N3O/c1-8(21)10-5-6-20-11(7-9-3-2-4-9)18-19-13(20)12(10)14(15,16)17/h5-6,8-9,21H,2-4,7H2,1H3. The number of hydrogen-bond donors (Lipinski definition) is 1. The summed E-state index contributed by atoms with van der Waals surface area (Å²) in [6.45, 7) is 1.31. The van der Waals surface area contributed by atoms with Gasteiger partial charge >= 0.3 is 6.18 Å². The molecule has 1 atom stereocenters. The number of aliphatic hydroxyl groups is 1. The fourth-order valence-corrected chi connectivity index (χ4v) is 2.75. The van der Waals surface area contributed by atoms with Gasteiger partial charge in [-0.15, -0.1) is 10.2 Å². The zero-order chi connectivity index (χ0) is 15.2. The van der Waals surface area contributed by atoms with Gasteiger partial charge in [0.2, 0.25) is 0 Å². The number of fused-ring (bicyclic) bond motifs is 1. The fourth-order valence-electron chi connectivity index (χ4n) is 2.75. The molecule has 0 saturated heterocycles. The Morgan fingerprint density at radius 2 is 2.10 bits per heavy atom. The van der Waals surface area contributed by atoms with E-state index in [4.69, 9.17) is 0 Å². The number of hydrogen-bond acceptors (Lipinski definition) is 3. The Balaban J connectivity index is 2.12. The van der Waals surface area contributed by atoms with Gasteiger partial charge in [-0.25, -0.2) is 0 Å². The molecule has 0 spiro atoms. The van der Waals surface area contributed by atoms with Crippen LogP contribution >= 0.6 is 0 Å². The summed E-state index contributed by atoms with van der Waals surface area (Å²) in [5, 5.41) is 17.2. The number of aliphatic hydroxyl groups excluding tert-OH is 1. The zero-order valence-electron chi connectivity index (χ0n) is 11.6. The van der Waals surface area contributed by atoms with Crippen LogP contribution < -0.4 is 0 Å². The van der Waals surface area contributed by atoms with Crippen LogP contribution in [0, 0.1) is 5.92 Å². The highest BCUT2D eigenvalue weighted by Gasteiger charge is 2.38. The van der Waals surface area contributed by atoms with Crippen LogP contribution in [0.1, 0.15) is 49.2 Å². The lowest BCUT2D eigenvalue weighted by Gasteiger charge is -2.24. The van der Waals surface area contributed by atoms with Crippen molar-refractivity contribution >= 4 is 5.65 Å². The minimum Gasteiger partial charge on any atom is -0.389 e. The molecule has 1 unspecified atom stereocenters. The highest BCUT2D eigenvalue weighted by atomic mass is 19.4. The maximum absolute atomic E-state index is 13.3. The summed E-state index contributed by atoms with van der Waals surface area (Å²) < 4.78 is 41.3. The Hall–Kier alpha value is -1.63. The minimum atomic E-state index is -4.57. The number of alkyl halides is 3. The normalized spacial score (nSPS) is 18.0. The van der Waals surface area contributed by atoms with E-state index < -0.39 is 17.8 Å². The molecule has 114 valence electrons. The van der Waals surface area contributed by atoms with Crippen molar-refractivity contribution in [3.63, 3.8) is 0 Å². The third kappa shape index (κ3) is 2.50. The Morgan fingerprint density at radius 1 is 1.38 bits per heavy atom. The molecule has 1 aliphatic rings. The number of nitrogens with zero attached hydrogens (tertiary/aromatic N) is 3. The second-order valence-corrected chi connectivity index (χ2v) is 5.63. The molecule has 2 heterocycles. The van der Waals surface area contributed by atoms with E-state index in [2.05, 4.69) is 10.2 Å². The molecular weight excluding hydrogens is 283 g/mol. The lowest BCUT2D eigenvalue weighted by molar-refractivity contribution is -0.138. The van der Waals surface area contributed by atoms with Gasteiger partial charge in [0.25, 0.3) is 0 Å². The Kier molecular flexibility index (Phi) is 3.39. The molecule has 0 radical (unpaired) electrons. The van der Waals surface area contributed by atoms with E-state index >= 15 is 0 Å². The molecule has 7 heteroatoms. The van der Waals surface area contributed by atoms with Crippen molar-refractivity contribution in [3.8, 4) is 0 Å². The third-order valence-corrected chi connectivity index (χ3v) is 4.11. The molecule has 1 N–H and O–H groups in total. The molecule has 0 bridgehead atoms. The van der Waals surface area contributed by atoms with Gasteiger partial charge in [0.05, 0.1) is 6.10 Å². The van der Waals surface area contributed by atoms with Gasteiger partial charge in [0.1, 0.15) is 11.4 Å². The second-order valence-electron chi connectivity index (χ2n) is 5.63. The summed E-state index contributed by atoms with van der Waals surface area (Å²) in [4.78, 5) is 0. The molecule has 1 fully saturated rings. The van der Waals surface area contributed by atoms with Crippen LogP contribution in [0.5, 0.6) is 0 Å². The van der Waals surface area contributed by atoms with Crippen LogP contribution in [0.15, 0.2) is 12.3 Å². The zero-order valence-corrected chi connectivity index (χ0v) is 11.6. The van der Waals surface area contributed by atoms with Crippen LogP contribution in [0.2, 0.25) is 0 Å². The van der Waals surface area contributed by atoms with E-state index in [1.54, 1.807) is 0 Å². The topological polar surface area (TPSA) is 50.4 Å². The second kappa shape index (κ2) is 4.98. The molecule has 0 aromatic carbocycles. The molecule has 0 amide bonds. The van der Waals surface area contributed by atoms with Crippen LogP contribution in [-0.4, -0.2) is 19.7 Å². The van der Waals surface area contributed by atoms with Gasteiger partial charge < -0.3 is 5.11 Å². The Morgan fingerprint density at radius 3 is 2.62 bits per heavy atom. The molecular formula is C14H16F3N3O. The first-order valence-electron chi connectivity index (χ1n) is 6.99. The fraction of sp³-hybridized carbons (Fsp3) is 0.571. The largest absolute Gasteiger partial charge is 0.420 e. The highest BCUT2D eigenvalue weighted by Crippen LogP contribution is 2.37. The van der Waals surface area contributed by atoms with Gasteiger partial charge in [-0.05, 0) is 24.5 Å². The van der Waals surface area contributed by atoms with Crippen LogP contribution in [0.4, 0.5) is 13.2 Å². The first-order valence-corrected chi connectivity index (χ1v) is 6.99. The summed E-state index contributed by atoms with van der Waals surface area (Å²) >= 11 is 0. The van der Waals surface area contributed by atoms with E-state index in [0.717, 1.165) is 12.8 Å². The SMILES string of the molecule is CC(O)c1ccn2c(CC3CCC3)nnc2c1C(F)(F)F. The van der Waals surface area contributed by atoms with E-state index in [-0.39, 0.29) is 11.2 Å². The van der Waals surface area contributed by atoms with Crippen molar-refractivity contribution in [2.45, 2.75) is 44.9 Å². The first-order chi connectivity index (χ1) is 9.88. The average molecular weight is 299 g/mol. The number of aromatic nitrogens is 3. The molecule has 21 heavy (non-hydrogen) atoms. The molecule has 1 aliphatic carbocycles. The summed E-state index contributed by atoms with van der Waals surface area (Å²) in [5.74, 6) is 1.04. The van der Waals surface area contributed by atoms with Crippen LogP contribution in [0.25, 0.3) is 5.65 Å². The molecule has 3 rings (SSSR count). The lowest BCUT2D eigenvalue weighted by atomic mass is 9.83. The van der Waals surface area contributed by atoms with Gasteiger partial charge in [0.15, 0.2) is 5.65 Å². The maximum atomic E-state index is 13.3. The highest BCUT2D eigenvalue weighted by molar-refractivity contribution is 5.54. The monoisotopic (exact) mass is 299 g/mol. The lowest BCUT2D eigenvalue weighted by Crippen LogP contribution is -2.16. The summed E-state index contributed by atoms with van der Waals surface area (Å²) in [6, 6.07) is 1.30. The van der Waals surface area contributed by atoms with Crippen LogP contribution in [0.3, 0.4) is 0 Å². The van der Waals surface area contributed by atoms with E-state index in [1.807, 2.05) is 0 Å². The van der Waals surface area contributed by atoms with Gasteiger partial charge in [-0.2, -0.15) is 13.2 Å². The molecule has 2 aromatic rings. The van der Waals surface area contributed by atoms with Crippen molar-refractivity contribution in [1.82, 2.24) is 14.6 Å². The van der Waals surface area contributed by atoms with Crippen molar-refractivity contribution < 1.29 is 18.3 Å². The molecule has 1 saturated carbocycles. The number of halogens is 3. The van der Waals surface area contributed by atoms with Gasteiger partial charge in [-0.3, -0.25) is 4.40 Å². The number of pyridine rings is 1. The first kappa shape index (κ1) is 14.3. The van der Waals surface area contributed by atoms with Crippen LogP contribution in [-0.2, 0) is 12.6 Å². The molecule has 4 nitrogen and oxygen atoms in total. The van der Waals surface area contributed by atoms with Gasteiger partial charge in [0, 0.05) is 12.6 Å². The number of rotatable bonds is 3. The third-order valence-electron chi connectivity index (χ3n) is 4.11. The average Bonchev–Trinajstić information content (AvgIpc) is 2.74. The smallest absolute Gasteiger partial charge is 0.389 e. The van der Waals surface area contributed by atoms with Crippen molar-refractivity contribution in [3.05, 3.63) is 29.2 Å². The quantitative estimate of drug-likeness (QED) is 0.947. The van der Waals surface area contributed by atoms with Gasteiger partial charge in [-0.1, -0.05) is 19.3 Å². The Bertz CT molecular complexity index is 659. The maximum Gasteiger partial charge on any atom is 0.420 e. The summed E-state index contributed by atoms with van der Waals surface area (Å²) in [5.41, 5.74) is -1.29. The predicted molar refractivity (Wildman–Crippen MR) is 69.7 cm³/mol. The van der Waals surface area contributed by atoms with E-state index in [9.17, 15) is 18.3 Å². The molecule has 0 aliphatic heterocycles. The summed E-state index contributed by atoms with van der Waals surface area (Å²) in [7, 11) is 0. The molecule has 2 aromatic heterocycles. The summed E-state index contributed by atoms with van der Waals surface area (Å²) in [6.07, 6.45) is -0.276. The van der Waals surface area contributed by atoms with Crippen molar-refractivity contribution in [1.29, 1.82) is 0 Å².